The molecular formula is C19H30N4O4S. The number of piperazine rings is 1. The van der Waals surface area contributed by atoms with Gasteiger partial charge in [-0.25, -0.2) is 0 Å². The first-order valence-corrected chi connectivity index (χ1v) is 10.8. The molecule has 0 bridgehead atoms. The minimum atomic E-state index is -3.49. The monoisotopic (exact) mass is 410 g/mol. The Morgan fingerprint density at radius 3 is 2.14 bits per heavy atom. The molecule has 1 heterocycles. The summed E-state index contributed by atoms with van der Waals surface area (Å²) in [5.74, 6) is -0.554. The van der Waals surface area contributed by atoms with Gasteiger partial charge in [-0.3, -0.25) is 9.59 Å². The molecule has 0 aromatic heterocycles. The largest absolute Gasteiger partial charge is 0.340 e. The van der Waals surface area contributed by atoms with Gasteiger partial charge in [0.1, 0.15) is 6.04 Å². The Balaban J connectivity index is 2.06. The fourth-order valence-corrected chi connectivity index (χ4v) is 4.21. The standard InChI is InChI=1S/C19H30N4O4S/c1-14(2)17(20-18(24)16-9-7-6-8-15(16)3)19(25)22-10-12-23(13-11-22)28(26,27)21(4)5/h6-9,14,17H,10-13H2,1-5H3,(H,20,24)/t17-/m0/s1. The molecule has 2 amide bonds. The molecule has 156 valence electrons. The quantitative estimate of drug-likeness (QED) is 0.748. The van der Waals surface area contributed by atoms with Crippen LogP contribution in [0.15, 0.2) is 24.3 Å². The van der Waals surface area contributed by atoms with Crippen LogP contribution in [0, 0.1) is 12.8 Å². The molecule has 9 heteroatoms. The number of hydrogen-bond acceptors (Lipinski definition) is 4. The van der Waals surface area contributed by atoms with Crippen molar-refractivity contribution in [2.45, 2.75) is 26.8 Å². The number of aryl methyl sites for hydroxylation is 1. The highest BCUT2D eigenvalue weighted by Gasteiger charge is 2.34. The van der Waals surface area contributed by atoms with E-state index in [0.29, 0.717) is 18.7 Å². The summed E-state index contributed by atoms with van der Waals surface area (Å²) in [7, 11) is -0.509. The zero-order valence-corrected chi connectivity index (χ0v) is 18.0. The van der Waals surface area contributed by atoms with Crippen LogP contribution < -0.4 is 5.32 Å². The van der Waals surface area contributed by atoms with Crippen LogP contribution in [0.25, 0.3) is 0 Å². The Hall–Kier alpha value is -1.97. The van der Waals surface area contributed by atoms with Crippen LogP contribution >= 0.6 is 0 Å². The van der Waals surface area contributed by atoms with Crippen LogP contribution in [0.4, 0.5) is 0 Å². The lowest BCUT2D eigenvalue weighted by atomic mass is 10.0. The first-order valence-electron chi connectivity index (χ1n) is 9.38. The molecule has 0 aliphatic carbocycles. The lowest BCUT2D eigenvalue weighted by molar-refractivity contribution is -0.135. The van der Waals surface area contributed by atoms with E-state index in [2.05, 4.69) is 5.32 Å². The Morgan fingerprint density at radius 2 is 1.64 bits per heavy atom. The first kappa shape index (κ1) is 22.3. The molecule has 1 atom stereocenters. The van der Waals surface area contributed by atoms with E-state index in [9.17, 15) is 18.0 Å². The number of amides is 2. The van der Waals surface area contributed by atoms with Crippen molar-refractivity contribution in [3.05, 3.63) is 35.4 Å². The zero-order chi connectivity index (χ0) is 21.1. The molecule has 1 fully saturated rings. The van der Waals surface area contributed by atoms with Gasteiger partial charge in [0.25, 0.3) is 16.1 Å². The number of benzene rings is 1. The molecule has 1 N–H and O–H groups in total. The van der Waals surface area contributed by atoms with Gasteiger partial charge in [-0.15, -0.1) is 0 Å². The maximum atomic E-state index is 13.0. The van der Waals surface area contributed by atoms with E-state index < -0.39 is 16.3 Å². The summed E-state index contributed by atoms with van der Waals surface area (Å²) in [6, 6.07) is 6.57. The molecule has 1 saturated heterocycles. The summed E-state index contributed by atoms with van der Waals surface area (Å²) in [5.41, 5.74) is 1.39. The van der Waals surface area contributed by atoms with Crippen LogP contribution in [0.3, 0.4) is 0 Å². The molecular weight excluding hydrogens is 380 g/mol. The van der Waals surface area contributed by atoms with Gasteiger partial charge < -0.3 is 10.2 Å². The summed E-state index contributed by atoms with van der Waals surface area (Å²) < 4.78 is 27.0. The van der Waals surface area contributed by atoms with Crippen LogP contribution in [0.5, 0.6) is 0 Å². The molecule has 1 aromatic rings. The van der Waals surface area contributed by atoms with Crippen LogP contribution in [-0.4, -0.2) is 80.1 Å². The third kappa shape index (κ3) is 4.89. The highest BCUT2D eigenvalue weighted by Crippen LogP contribution is 2.14. The third-order valence-electron chi connectivity index (χ3n) is 4.95. The van der Waals surface area contributed by atoms with E-state index >= 15 is 0 Å². The number of carbonyl (C=O) groups excluding carboxylic acids is 2. The van der Waals surface area contributed by atoms with E-state index in [1.54, 1.807) is 17.0 Å². The van der Waals surface area contributed by atoms with Gasteiger partial charge in [-0.2, -0.15) is 17.0 Å². The second-order valence-electron chi connectivity index (χ2n) is 7.52. The van der Waals surface area contributed by atoms with Crippen molar-refractivity contribution in [1.29, 1.82) is 0 Å². The van der Waals surface area contributed by atoms with Gasteiger partial charge in [-0.1, -0.05) is 32.0 Å². The maximum Gasteiger partial charge on any atom is 0.281 e. The van der Waals surface area contributed by atoms with Gasteiger partial charge in [0, 0.05) is 45.8 Å². The van der Waals surface area contributed by atoms with Gasteiger partial charge in [0.2, 0.25) is 5.91 Å². The molecule has 0 radical (unpaired) electrons. The zero-order valence-electron chi connectivity index (χ0n) is 17.2. The second-order valence-corrected chi connectivity index (χ2v) is 9.67. The molecule has 28 heavy (non-hydrogen) atoms. The van der Waals surface area contributed by atoms with Crippen molar-refractivity contribution < 1.29 is 18.0 Å². The predicted octanol–water partition coefficient (Wildman–Crippen LogP) is 0.700. The average molecular weight is 411 g/mol. The van der Waals surface area contributed by atoms with E-state index in [4.69, 9.17) is 0 Å². The number of rotatable bonds is 6. The predicted molar refractivity (Wildman–Crippen MR) is 108 cm³/mol. The van der Waals surface area contributed by atoms with Gasteiger partial charge in [0.15, 0.2) is 0 Å². The summed E-state index contributed by atoms with van der Waals surface area (Å²) in [4.78, 5) is 27.3. The molecule has 1 aromatic carbocycles. The van der Waals surface area contributed by atoms with Crippen LogP contribution in [-0.2, 0) is 15.0 Å². The number of nitrogens with zero attached hydrogens (tertiary/aromatic N) is 3. The van der Waals surface area contributed by atoms with E-state index in [1.807, 2.05) is 32.9 Å². The first-order chi connectivity index (χ1) is 13.1. The smallest absolute Gasteiger partial charge is 0.281 e. The lowest BCUT2D eigenvalue weighted by Gasteiger charge is -2.37. The van der Waals surface area contributed by atoms with Crippen LogP contribution in [0.1, 0.15) is 29.8 Å². The molecule has 8 nitrogen and oxygen atoms in total. The molecule has 1 aliphatic heterocycles. The van der Waals surface area contributed by atoms with Gasteiger partial charge in [0.05, 0.1) is 0 Å². The van der Waals surface area contributed by atoms with Crippen molar-refractivity contribution in [3.8, 4) is 0 Å². The van der Waals surface area contributed by atoms with E-state index in [-0.39, 0.29) is 30.8 Å². The van der Waals surface area contributed by atoms with Crippen molar-refractivity contribution in [3.63, 3.8) is 0 Å². The highest BCUT2D eigenvalue weighted by molar-refractivity contribution is 7.86. The number of hydrogen-bond donors (Lipinski definition) is 1. The fourth-order valence-electron chi connectivity index (χ4n) is 3.13. The van der Waals surface area contributed by atoms with E-state index in [1.165, 1.54) is 22.7 Å². The fraction of sp³-hybridized carbons (Fsp3) is 0.579. The van der Waals surface area contributed by atoms with Gasteiger partial charge in [-0.05, 0) is 24.5 Å². The Labute approximate surface area is 167 Å². The third-order valence-corrected chi connectivity index (χ3v) is 6.89. The highest BCUT2D eigenvalue weighted by atomic mass is 32.2. The van der Waals surface area contributed by atoms with Crippen molar-refractivity contribution in [2.75, 3.05) is 40.3 Å². The maximum absolute atomic E-state index is 13.0. The van der Waals surface area contributed by atoms with Crippen LogP contribution in [0.2, 0.25) is 0 Å². The normalized spacial score (nSPS) is 17.0. The topological polar surface area (TPSA) is 90.0 Å². The Kier molecular flexibility index (Phi) is 7.19. The minimum absolute atomic E-state index is 0.0935. The van der Waals surface area contributed by atoms with Crippen molar-refractivity contribution in [1.82, 2.24) is 18.8 Å². The summed E-state index contributed by atoms with van der Waals surface area (Å²) >= 11 is 0. The molecule has 0 spiro atoms. The minimum Gasteiger partial charge on any atom is -0.340 e. The summed E-state index contributed by atoms with van der Waals surface area (Å²) in [6.45, 7) is 6.70. The summed E-state index contributed by atoms with van der Waals surface area (Å²) in [6.07, 6.45) is 0. The summed E-state index contributed by atoms with van der Waals surface area (Å²) in [5, 5.41) is 2.86. The van der Waals surface area contributed by atoms with E-state index in [0.717, 1.165) is 5.56 Å². The molecule has 2 rings (SSSR count). The number of carbonyl (C=O) groups is 2. The SMILES string of the molecule is Cc1ccccc1C(=O)N[C@H](C(=O)N1CCN(S(=O)(=O)N(C)C)CC1)C(C)C. The van der Waals surface area contributed by atoms with Crippen molar-refractivity contribution >= 4 is 22.0 Å². The molecule has 0 unspecified atom stereocenters. The Morgan fingerprint density at radius 1 is 1.07 bits per heavy atom. The number of nitrogens with one attached hydrogen (secondary N) is 1. The molecule has 1 aliphatic rings. The van der Waals surface area contributed by atoms with Crippen molar-refractivity contribution in [2.24, 2.45) is 5.92 Å². The average Bonchev–Trinajstić information content (AvgIpc) is 2.65. The lowest BCUT2D eigenvalue weighted by Crippen LogP contribution is -2.58. The molecule has 0 saturated carbocycles. The van der Waals surface area contributed by atoms with Gasteiger partial charge >= 0.3 is 0 Å². The Bertz CT molecular complexity index is 815. The second kappa shape index (κ2) is 9.02.